The molecule has 0 fully saturated rings. The molecule has 4 rings (SSSR count). The molecule has 0 spiro atoms. The van der Waals surface area contributed by atoms with E-state index in [-0.39, 0.29) is 23.2 Å². The van der Waals surface area contributed by atoms with Crippen molar-refractivity contribution in [1.29, 1.82) is 0 Å². The highest BCUT2D eigenvalue weighted by molar-refractivity contribution is 5.94. The van der Waals surface area contributed by atoms with Gasteiger partial charge in [0, 0.05) is 61.0 Å². The number of aromatic nitrogens is 2. The Balaban J connectivity index is 1.89. The van der Waals surface area contributed by atoms with Gasteiger partial charge in [-0.15, -0.1) is 0 Å². The summed E-state index contributed by atoms with van der Waals surface area (Å²) in [7, 11) is 0. The zero-order valence-corrected chi connectivity index (χ0v) is 20.3. The third kappa shape index (κ3) is 5.08. The van der Waals surface area contributed by atoms with Crippen molar-refractivity contribution in [2.45, 2.75) is 59.3 Å². The molecule has 3 heterocycles. The van der Waals surface area contributed by atoms with Gasteiger partial charge in [0.1, 0.15) is 0 Å². The third-order valence-corrected chi connectivity index (χ3v) is 6.42. The topological polar surface area (TPSA) is 66.9 Å². The van der Waals surface area contributed by atoms with E-state index in [9.17, 15) is 4.79 Å². The molecular formula is C28H34N4O. The fraction of sp³-hybridized carbons (Fsp3) is 0.393. The summed E-state index contributed by atoms with van der Waals surface area (Å²) in [6.07, 6.45) is 8.84. The summed E-state index contributed by atoms with van der Waals surface area (Å²) in [6.45, 7) is 11.6. The minimum atomic E-state index is -0.0906. The number of nitrogens with one attached hydrogen (secondary N) is 2. The van der Waals surface area contributed by atoms with Crippen LogP contribution in [0.1, 0.15) is 80.7 Å². The molecule has 2 aromatic heterocycles. The molecule has 5 nitrogen and oxygen atoms in total. The standard InChI is InChI=1S/C28H34N4O/c1-18(20-8-6-11-29-16-20)23-14-24-22(10-13-31-24)26(19(2)21-9-7-12-30-17-21)27(23)32-25(33)15-28(3,4)5/h6-9,11-12,14,16-19,31H,10,13,15H2,1-5H3,(H,32,33). The molecule has 2 atom stereocenters. The van der Waals surface area contributed by atoms with E-state index in [1.54, 1.807) is 12.4 Å². The smallest absolute Gasteiger partial charge is 0.224 e. The Hall–Kier alpha value is -3.21. The first-order valence-corrected chi connectivity index (χ1v) is 11.8. The van der Waals surface area contributed by atoms with Gasteiger partial charge in [0.25, 0.3) is 0 Å². The maximum absolute atomic E-state index is 13.2. The van der Waals surface area contributed by atoms with Crippen molar-refractivity contribution in [3.05, 3.63) is 82.9 Å². The SMILES string of the molecule is CC(c1cccnc1)c1cc2c(c(C(C)c3cccnc3)c1NC(=O)CC(C)(C)C)CCN2. The Morgan fingerprint density at radius 2 is 1.70 bits per heavy atom. The van der Waals surface area contributed by atoms with Crippen LogP contribution >= 0.6 is 0 Å². The molecule has 1 aliphatic rings. The lowest BCUT2D eigenvalue weighted by Crippen LogP contribution is -2.22. The zero-order valence-electron chi connectivity index (χ0n) is 20.3. The number of carbonyl (C=O) groups excluding carboxylic acids is 1. The zero-order chi connectivity index (χ0) is 23.6. The number of benzene rings is 1. The third-order valence-electron chi connectivity index (χ3n) is 6.42. The molecule has 0 bridgehead atoms. The lowest BCUT2D eigenvalue weighted by molar-refractivity contribution is -0.117. The highest BCUT2D eigenvalue weighted by Crippen LogP contribution is 2.44. The van der Waals surface area contributed by atoms with Gasteiger partial charge in [-0.2, -0.15) is 0 Å². The molecule has 3 aromatic rings. The lowest BCUT2D eigenvalue weighted by atomic mass is 9.82. The second kappa shape index (κ2) is 9.34. The molecule has 0 aliphatic carbocycles. The summed E-state index contributed by atoms with van der Waals surface area (Å²) in [5.41, 5.74) is 7.89. The van der Waals surface area contributed by atoms with Gasteiger partial charge in [0.2, 0.25) is 5.91 Å². The van der Waals surface area contributed by atoms with Crippen molar-refractivity contribution in [3.63, 3.8) is 0 Å². The van der Waals surface area contributed by atoms with Crippen LogP contribution in [0.25, 0.3) is 0 Å². The Bertz CT molecular complexity index is 1120. The first-order valence-electron chi connectivity index (χ1n) is 11.8. The number of anilines is 2. The van der Waals surface area contributed by atoms with E-state index in [0.717, 1.165) is 35.3 Å². The highest BCUT2D eigenvalue weighted by Gasteiger charge is 2.29. The molecule has 0 radical (unpaired) electrons. The molecule has 0 saturated carbocycles. The second-order valence-electron chi connectivity index (χ2n) is 10.3. The molecule has 1 amide bonds. The number of hydrogen-bond acceptors (Lipinski definition) is 4. The first kappa shape index (κ1) is 23.0. The van der Waals surface area contributed by atoms with Crippen molar-refractivity contribution in [2.24, 2.45) is 5.41 Å². The molecule has 2 unspecified atom stereocenters. The fourth-order valence-corrected chi connectivity index (χ4v) is 4.75. The van der Waals surface area contributed by atoms with Crippen LogP contribution in [0.2, 0.25) is 0 Å². The molecule has 0 saturated heterocycles. The molecule has 1 aromatic carbocycles. The van der Waals surface area contributed by atoms with Crippen LogP contribution in [-0.4, -0.2) is 22.4 Å². The highest BCUT2D eigenvalue weighted by atomic mass is 16.1. The van der Waals surface area contributed by atoms with Crippen molar-refractivity contribution >= 4 is 17.3 Å². The first-order chi connectivity index (χ1) is 15.7. The second-order valence-corrected chi connectivity index (χ2v) is 10.3. The van der Waals surface area contributed by atoms with Gasteiger partial charge >= 0.3 is 0 Å². The summed E-state index contributed by atoms with van der Waals surface area (Å²) in [5.74, 6) is 0.224. The van der Waals surface area contributed by atoms with Crippen LogP contribution in [0.3, 0.4) is 0 Å². The number of fused-ring (bicyclic) bond motifs is 1. The molecule has 172 valence electrons. The van der Waals surface area contributed by atoms with Crippen LogP contribution in [0.15, 0.2) is 55.1 Å². The van der Waals surface area contributed by atoms with Gasteiger partial charge in [-0.25, -0.2) is 0 Å². The van der Waals surface area contributed by atoms with Crippen LogP contribution in [0.5, 0.6) is 0 Å². The minimum Gasteiger partial charge on any atom is -0.384 e. The van der Waals surface area contributed by atoms with E-state index >= 15 is 0 Å². The molecular weight excluding hydrogens is 408 g/mol. The van der Waals surface area contributed by atoms with Crippen molar-refractivity contribution in [1.82, 2.24) is 9.97 Å². The Labute approximate surface area is 197 Å². The van der Waals surface area contributed by atoms with Crippen molar-refractivity contribution in [2.75, 3.05) is 17.2 Å². The lowest BCUT2D eigenvalue weighted by Gasteiger charge is -2.27. The van der Waals surface area contributed by atoms with E-state index in [1.165, 1.54) is 16.8 Å². The van der Waals surface area contributed by atoms with E-state index in [2.05, 4.69) is 73.4 Å². The monoisotopic (exact) mass is 442 g/mol. The van der Waals surface area contributed by atoms with Gasteiger partial charge < -0.3 is 10.6 Å². The van der Waals surface area contributed by atoms with Crippen molar-refractivity contribution < 1.29 is 4.79 Å². The summed E-state index contributed by atoms with van der Waals surface area (Å²) >= 11 is 0. The summed E-state index contributed by atoms with van der Waals surface area (Å²) < 4.78 is 0. The number of hydrogen-bond donors (Lipinski definition) is 2. The van der Waals surface area contributed by atoms with Crippen LogP contribution in [0.4, 0.5) is 11.4 Å². The van der Waals surface area contributed by atoms with Crippen LogP contribution < -0.4 is 10.6 Å². The maximum Gasteiger partial charge on any atom is 0.224 e. The Morgan fingerprint density at radius 3 is 2.27 bits per heavy atom. The number of pyridine rings is 2. The fourth-order valence-electron chi connectivity index (χ4n) is 4.75. The van der Waals surface area contributed by atoms with E-state index in [0.29, 0.717) is 6.42 Å². The summed E-state index contributed by atoms with van der Waals surface area (Å²) in [4.78, 5) is 21.9. The van der Waals surface area contributed by atoms with Crippen molar-refractivity contribution in [3.8, 4) is 0 Å². The maximum atomic E-state index is 13.2. The largest absolute Gasteiger partial charge is 0.384 e. The quantitative estimate of drug-likeness (QED) is 0.482. The predicted octanol–water partition coefficient (Wildman–Crippen LogP) is 6.12. The van der Waals surface area contributed by atoms with Gasteiger partial charge in [0.05, 0.1) is 0 Å². The van der Waals surface area contributed by atoms with E-state index < -0.39 is 0 Å². The molecule has 5 heteroatoms. The molecule has 1 aliphatic heterocycles. The number of nitrogens with zero attached hydrogens (tertiary/aromatic N) is 2. The van der Waals surface area contributed by atoms with Crippen LogP contribution in [0, 0.1) is 5.41 Å². The number of carbonyl (C=O) groups is 1. The Morgan fingerprint density at radius 1 is 1.06 bits per heavy atom. The summed E-state index contributed by atoms with van der Waals surface area (Å²) in [6, 6.07) is 10.4. The number of rotatable bonds is 6. The van der Waals surface area contributed by atoms with Gasteiger partial charge in [-0.05, 0) is 57.9 Å². The normalized spacial score (nSPS) is 14.8. The minimum absolute atomic E-state index is 0.0488. The van der Waals surface area contributed by atoms with Gasteiger partial charge in [-0.1, -0.05) is 46.8 Å². The van der Waals surface area contributed by atoms with E-state index in [4.69, 9.17) is 0 Å². The van der Waals surface area contributed by atoms with E-state index in [1.807, 2.05) is 24.5 Å². The molecule has 33 heavy (non-hydrogen) atoms. The van der Waals surface area contributed by atoms with Gasteiger partial charge in [0.15, 0.2) is 0 Å². The number of amides is 1. The van der Waals surface area contributed by atoms with Gasteiger partial charge in [-0.3, -0.25) is 14.8 Å². The average Bonchev–Trinajstić information content (AvgIpc) is 3.26. The summed E-state index contributed by atoms with van der Waals surface area (Å²) in [5, 5.41) is 6.93. The molecule has 2 N–H and O–H groups in total. The van der Waals surface area contributed by atoms with Crippen LogP contribution in [-0.2, 0) is 11.2 Å². The Kier molecular flexibility index (Phi) is 6.50. The predicted molar refractivity (Wildman–Crippen MR) is 135 cm³/mol. The average molecular weight is 443 g/mol.